The van der Waals surface area contributed by atoms with Gasteiger partial charge in [-0.05, 0) is 42.8 Å². The second kappa shape index (κ2) is 8.49. The monoisotopic (exact) mass is 379 g/mol. The quantitative estimate of drug-likeness (QED) is 0.689. The number of ether oxygens (including phenoxy) is 1. The highest BCUT2D eigenvalue weighted by molar-refractivity contribution is 5.94. The Labute approximate surface area is 161 Å². The molecule has 0 aliphatic rings. The number of nitrogens with one attached hydrogen (secondary N) is 2. The molecule has 0 aliphatic carbocycles. The van der Waals surface area contributed by atoms with Crippen LogP contribution < -0.4 is 16.1 Å². The van der Waals surface area contributed by atoms with Crippen molar-refractivity contribution in [2.45, 2.75) is 13.5 Å². The number of hydrogen-bond donors (Lipinski definition) is 2. The zero-order chi connectivity index (χ0) is 20.1. The molecular formula is C21H21N3O4. The van der Waals surface area contributed by atoms with Crippen LogP contribution in [0.4, 0.5) is 11.4 Å². The highest BCUT2D eigenvalue weighted by Gasteiger charge is 2.09. The Balaban J connectivity index is 1.72. The van der Waals surface area contributed by atoms with E-state index in [1.165, 1.54) is 13.2 Å². The van der Waals surface area contributed by atoms with Crippen LogP contribution in [-0.2, 0) is 20.9 Å². The molecule has 1 heterocycles. The molecule has 7 heteroatoms. The summed E-state index contributed by atoms with van der Waals surface area (Å²) in [5.74, 6) is -0.461. The summed E-state index contributed by atoms with van der Waals surface area (Å²) in [5, 5.41) is 6.16. The molecule has 0 fully saturated rings. The number of rotatable bonds is 6. The number of nitrogens with zero attached hydrogens (tertiary/aromatic N) is 1. The van der Waals surface area contributed by atoms with E-state index in [4.69, 9.17) is 4.74 Å². The maximum Gasteiger partial charge on any atom is 0.250 e. The Morgan fingerprint density at radius 3 is 2.57 bits per heavy atom. The number of carbonyl (C=O) groups is 2. The number of hydrogen-bond acceptors (Lipinski definition) is 4. The molecule has 144 valence electrons. The van der Waals surface area contributed by atoms with Crippen LogP contribution in [0, 0.1) is 6.92 Å². The first-order valence-electron chi connectivity index (χ1n) is 8.75. The first-order chi connectivity index (χ1) is 13.5. The second-order valence-electron chi connectivity index (χ2n) is 6.38. The number of aryl methyl sites for hydroxylation is 1. The summed E-state index contributed by atoms with van der Waals surface area (Å²) in [5.41, 5.74) is 2.73. The number of para-hydroxylation sites is 1. The minimum atomic E-state index is -0.243. The van der Waals surface area contributed by atoms with Gasteiger partial charge in [0.25, 0.3) is 0 Å². The normalized spacial score (nSPS) is 10.6. The van der Waals surface area contributed by atoms with Crippen molar-refractivity contribution in [1.29, 1.82) is 0 Å². The van der Waals surface area contributed by atoms with Crippen molar-refractivity contribution < 1.29 is 14.3 Å². The standard InChI is InChI=1S/C21H21N3O4/c1-14-11-15(7-8-17(14)23-21(27)13-28-2)22-20(26)12-24-10-9-19(25)16-5-3-4-6-18(16)24/h3-11H,12-13H2,1-2H3,(H,22,26)(H,23,27). The summed E-state index contributed by atoms with van der Waals surface area (Å²) >= 11 is 0. The first-order valence-corrected chi connectivity index (χ1v) is 8.75. The van der Waals surface area contributed by atoms with E-state index in [0.29, 0.717) is 22.3 Å². The van der Waals surface area contributed by atoms with Crippen LogP contribution in [0.25, 0.3) is 10.9 Å². The summed E-state index contributed by atoms with van der Waals surface area (Å²) in [7, 11) is 1.46. The fourth-order valence-corrected chi connectivity index (χ4v) is 2.95. The molecule has 0 saturated carbocycles. The van der Waals surface area contributed by atoms with Gasteiger partial charge < -0.3 is 19.9 Å². The molecule has 0 saturated heterocycles. The van der Waals surface area contributed by atoms with Crippen LogP contribution in [0.1, 0.15) is 5.56 Å². The average Bonchev–Trinajstić information content (AvgIpc) is 2.67. The number of amides is 2. The van der Waals surface area contributed by atoms with Gasteiger partial charge in [0.15, 0.2) is 5.43 Å². The summed E-state index contributed by atoms with van der Waals surface area (Å²) in [6.45, 7) is 1.89. The topological polar surface area (TPSA) is 89.4 Å². The maximum absolute atomic E-state index is 12.5. The average molecular weight is 379 g/mol. The molecule has 2 aromatic carbocycles. The second-order valence-corrected chi connectivity index (χ2v) is 6.38. The van der Waals surface area contributed by atoms with Crippen molar-refractivity contribution in [2.75, 3.05) is 24.4 Å². The van der Waals surface area contributed by atoms with Crippen molar-refractivity contribution >= 4 is 34.1 Å². The van der Waals surface area contributed by atoms with Crippen LogP contribution in [0.3, 0.4) is 0 Å². The van der Waals surface area contributed by atoms with Crippen LogP contribution in [-0.4, -0.2) is 30.1 Å². The van der Waals surface area contributed by atoms with Crippen molar-refractivity contribution in [3.8, 4) is 0 Å². The number of fused-ring (bicyclic) bond motifs is 1. The Morgan fingerprint density at radius 1 is 1.04 bits per heavy atom. The SMILES string of the molecule is COCC(=O)Nc1ccc(NC(=O)Cn2ccc(=O)c3ccccc32)cc1C. The number of aromatic nitrogens is 1. The smallest absolute Gasteiger partial charge is 0.250 e. The maximum atomic E-state index is 12.5. The van der Waals surface area contributed by atoms with Gasteiger partial charge in [0.1, 0.15) is 13.2 Å². The molecule has 2 amide bonds. The molecule has 7 nitrogen and oxygen atoms in total. The highest BCUT2D eigenvalue weighted by atomic mass is 16.5. The largest absolute Gasteiger partial charge is 0.375 e. The van der Waals surface area contributed by atoms with Crippen LogP contribution in [0.15, 0.2) is 59.5 Å². The summed E-state index contributed by atoms with van der Waals surface area (Å²) in [6, 6.07) is 13.9. The predicted octanol–water partition coefficient (Wildman–Crippen LogP) is 2.53. The lowest BCUT2D eigenvalue weighted by molar-refractivity contribution is -0.119. The van der Waals surface area contributed by atoms with E-state index in [0.717, 1.165) is 5.56 Å². The van der Waals surface area contributed by atoms with Gasteiger partial charge in [-0.15, -0.1) is 0 Å². The Bertz CT molecular complexity index is 1090. The summed E-state index contributed by atoms with van der Waals surface area (Å²) in [6.07, 6.45) is 1.62. The minimum absolute atomic E-state index is 0.0226. The van der Waals surface area contributed by atoms with E-state index in [2.05, 4.69) is 10.6 Å². The van der Waals surface area contributed by atoms with Gasteiger partial charge in [0.05, 0.1) is 5.52 Å². The Kier molecular flexibility index (Phi) is 5.86. The third-order valence-electron chi connectivity index (χ3n) is 4.26. The molecule has 3 aromatic rings. The lowest BCUT2D eigenvalue weighted by Gasteiger charge is -2.13. The van der Waals surface area contributed by atoms with Crippen molar-refractivity contribution in [2.24, 2.45) is 0 Å². The van der Waals surface area contributed by atoms with E-state index in [-0.39, 0.29) is 30.4 Å². The zero-order valence-corrected chi connectivity index (χ0v) is 15.7. The number of benzene rings is 2. The zero-order valence-electron chi connectivity index (χ0n) is 15.7. The molecule has 0 aliphatic heterocycles. The molecule has 0 unspecified atom stereocenters. The van der Waals surface area contributed by atoms with E-state index in [9.17, 15) is 14.4 Å². The summed E-state index contributed by atoms with van der Waals surface area (Å²) < 4.78 is 6.53. The third-order valence-corrected chi connectivity index (χ3v) is 4.26. The number of methoxy groups -OCH3 is 1. The van der Waals surface area contributed by atoms with Crippen molar-refractivity contribution in [3.05, 3.63) is 70.5 Å². The molecule has 0 spiro atoms. The van der Waals surface area contributed by atoms with Gasteiger partial charge >= 0.3 is 0 Å². The van der Waals surface area contributed by atoms with Gasteiger partial charge in [-0.25, -0.2) is 0 Å². The number of anilines is 2. The first kappa shape index (κ1) is 19.3. The van der Waals surface area contributed by atoms with Crippen LogP contribution >= 0.6 is 0 Å². The number of pyridine rings is 1. The molecule has 2 N–H and O–H groups in total. The van der Waals surface area contributed by atoms with Crippen molar-refractivity contribution in [3.63, 3.8) is 0 Å². The van der Waals surface area contributed by atoms with E-state index >= 15 is 0 Å². The fraction of sp³-hybridized carbons (Fsp3) is 0.190. The Hall–Kier alpha value is -3.45. The molecular weight excluding hydrogens is 358 g/mol. The highest BCUT2D eigenvalue weighted by Crippen LogP contribution is 2.20. The molecule has 3 rings (SSSR count). The van der Waals surface area contributed by atoms with Gasteiger partial charge in [0.2, 0.25) is 11.8 Å². The van der Waals surface area contributed by atoms with Crippen molar-refractivity contribution in [1.82, 2.24) is 4.57 Å². The molecule has 0 atom stereocenters. The fourth-order valence-electron chi connectivity index (χ4n) is 2.95. The molecule has 0 bridgehead atoms. The molecule has 28 heavy (non-hydrogen) atoms. The van der Waals surface area contributed by atoms with Gasteiger partial charge in [-0.2, -0.15) is 0 Å². The summed E-state index contributed by atoms with van der Waals surface area (Å²) in [4.78, 5) is 36.0. The minimum Gasteiger partial charge on any atom is -0.375 e. The van der Waals surface area contributed by atoms with Gasteiger partial charge in [-0.1, -0.05) is 12.1 Å². The van der Waals surface area contributed by atoms with Crippen LogP contribution in [0.5, 0.6) is 0 Å². The molecule has 1 aromatic heterocycles. The van der Waals surface area contributed by atoms with E-state index in [1.807, 2.05) is 19.1 Å². The molecule has 0 radical (unpaired) electrons. The van der Waals surface area contributed by atoms with Crippen LogP contribution in [0.2, 0.25) is 0 Å². The lowest BCUT2D eigenvalue weighted by atomic mass is 10.1. The van der Waals surface area contributed by atoms with Gasteiger partial charge in [-0.3, -0.25) is 14.4 Å². The van der Waals surface area contributed by atoms with E-state index in [1.54, 1.807) is 41.1 Å². The lowest BCUT2D eigenvalue weighted by Crippen LogP contribution is -2.20. The van der Waals surface area contributed by atoms with E-state index < -0.39 is 0 Å². The Morgan fingerprint density at radius 2 is 1.82 bits per heavy atom. The number of carbonyl (C=O) groups excluding carboxylic acids is 2. The predicted molar refractivity (Wildman–Crippen MR) is 109 cm³/mol. The third kappa shape index (κ3) is 4.44. The van der Waals surface area contributed by atoms with Gasteiger partial charge in [0, 0.05) is 36.1 Å².